The molecule has 0 spiro atoms. The van der Waals surface area contributed by atoms with Crippen LogP contribution in [0.15, 0.2) is 30.7 Å². The van der Waals surface area contributed by atoms with Crippen LogP contribution in [0.2, 0.25) is 0 Å². The fourth-order valence-electron chi connectivity index (χ4n) is 3.43. The fraction of sp³-hybridized carbons (Fsp3) is 0.474. The zero-order valence-electron chi connectivity index (χ0n) is 15.9. The van der Waals surface area contributed by atoms with Gasteiger partial charge >= 0.3 is 0 Å². The van der Waals surface area contributed by atoms with E-state index in [2.05, 4.69) is 61.0 Å². The summed E-state index contributed by atoms with van der Waals surface area (Å²) in [5, 5.41) is 15.6. The number of aromatic amines is 1. The van der Waals surface area contributed by atoms with Gasteiger partial charge in [0.25, 0.3) is 0 Å². The molecule has 8 nitrogen and oxygen atoms in total. The van der Waals surface area contributed by atoms with Crippen LogP contribution in [0.3, 0.4) is 0 Å². The molecule has 1 aliphatic rings. The molecule has 0 fully saturated rings. The maximum Gasteiger partial charge on any atom is 0.144 e. The Labute approximate surface area is 159 Å². The van der Waals surface area contributed by atoms with Crippen LogP contribution in [0, 0.1) is 5.92 Å². The van der Waals surface area contributed by atoms with Crippen molar-refractivity contribution in [1.82, 2.24) is 34.8 Å². The Morgan fingerprint density at radius 3 is 2.93 bits per heavy atom. The predicted molar refractivity (Wildman–Crippen MR) is 103 cm³/mol. The standard InChI is InChI=1S/C19H26N8/c1-14(2)7-15-8-17(24-23-15)12-26-5-6-27-18(13-26)9-16(25-27)10-22-19-11-20-3-4-21-19/h3-4,8-9,11,14H,5-7,10,12-13H2,1-2H3,(H,21,22)(H,23,24). The summed E-state index contributed by atoms with van der Waals surface area (Å²) < 4.78 is 2.11. The van der Waals surface area contributed by atoms with E-state index in [0.717, 1.165) is 49.8 Å². The SMILES string of the molecule is CC(C)Cc1cc(CN2CCn3nc(CNc4cnccn4)cc3C2)[nH]n1. The van der Waals surface area contributed by atoms with Crippen LogP contribution in [0.5, 0.6) is 0 Å². The van der Waals surface area contributed by atoms with E-state index in [9.17, 15) is 0 Å². The normalized spacial score (nSPS) is 14.5. The van der Waals surface area contributed by atoms with Gasteiger partial charge < -0.3 is 5.32 Å². The van der Waals surface area contributed by atoms with E-state index in [4.69, 9.17) is 5.10 Å². The monoisotopic (exact) mass is 366 g/mol. The number of anilines is 1. The maximum absolute atomic E-state index is 4.70. The molecule has 27 heavy (non-hydrogen) atoms. The quantitative estimate of drug-likeness (QED) is 0.667. The minimum Gasteiger partial charge on any atom is -0.363 e. The number of rotatable bonds is 7. The van der Waals surface area contributed by atoms with Gasteiger partial charge in [-0.15, -0.1) is 0 Å². The molecule has 0 aliphatic carbocycles. The zero-order chi connectivity index (χ0) is 18.6. The summed E-state index contributed by atoms with van der Waals surface area (Å²) in [6.45, 7) is 8.78. The lowest BCUT2D eigenvalue weighted by atomic mass is 10.1. The topological polar surface area (TPSA) is 87.5 Å². The van der Waals surface area contributed by atoms with Gasteiger partial charge in [0.15, 0.2) is 0 Å². The molecule has 0 saturated carbocycles. The fourth-order valence-corrected chi connectivity index (χ4v) is 3.43. The van der Waals surface area contributed by atoms with Gasteiger partial charge in [-0.3, -0.25) is 19.7 Å². The average molecular weight is 366 g/mol. The highest BCUT2D eigenvalue weighted by Crippen LogP contribution is 2.17. The predicted octanol–water partition coefficient (Wildman–Crippen LogP) is 2.22. The molecule has 1 aliphatic heterocycles. The van der Waals surface area contributed by atoms with Gasteiger partial charge in [-0.1, -0.05) is 13.8 Å². The summed E-state index contributed by atoms with van der Waals surface area (Å²) in [6.07, 6.45) is 6.09. The highest BCUT2D eigenvalue weighted by Gasteiger charge is 2.19. The van der Waals surface area contributed by atoms with Crippen molar-refractivity contribution in [3.8, 4) is 0 Å². The van der Waals surface area contributed by atoms with Crippen molar-refractivity contribution >= 4 is 5.82 Å². The molecule has 3 aromatic heterocycles. The van der Waals surface area contributed by atoms with Crippen molar-refractivity contribution in [2.24, 2.45) is 5.92 Å². The van der Waals surface area contributed by atoms with Gasteiger partial charge in [-0.25, -0.2) is 4.98 Å². The molecule has 0 saturated heterocycles. The van der Waals surface area contributed by atoms with Gasteiger partial charge in [0.05, 0.1) is 36.4 Å². The lowest BCUT2D eigenvalue weighted by Crippen LogP contribution is -2.33. The van der Waals surface area contributed by atoms with Crippen LogP contribution >= 0.6 is 0 Å². The molecular weight excluding hydrogens is 340 g/mol. The molecule has 142 valence electrons. The molecule has 4 heterocycles. The first-order chi connectivity index (χ1) is 13.2. The minimum atomic E-state index is 0.624. The Kier molecular flexibility index (Phi) is 5.15. The highest BCUT2D eigenvalue weighted by molar-refractivity contribution is 5.31. The largest absolute Gasteiger partial charge is 0.363 e. The van der Waals surface area contributed by atoms with Crippen LogP contribution in [-0.2, 0) is 32.6 Å². The van der Waals surface area contributed by atoms with Gasteiger partial charge in [0.1, 0.15) is 5.82 Å². The van der Waals surface area contributed by atoms with E-state index < -0.39 is 0 Å². The van der Waals surface area contributed by atoms with E-state index in [1.165, 1.54) is 11.4 Å². The second-order valence-electron chi connectivity index (χ2n) is 7.49. The second-order valence-corrected chi connectivity index (χ2v) is 7.49. The summed E-state index contributed by atoms with van der Waals surface area (Å²) >= 11 is 0. The summed E-state index contributed by atoms with van der Waals surface area (Å²) in [7, 11) is 0. The number of nitrogens with one attached hydrogen (secondary N) is 2. The lowest BCUT2D eigenvalue weighted by Gasteiger charge is -2.26. The van der Waals surface area contributed by atoms with Crippen LogP contribution in [0.1, 0.15) is 36.6 Å². The molecular formula is C19H26N8. The first kappa shape index (κ1) is 17.7. The Hall–Kier alpha value is -2.74. The third kappa shape index (κ3) is 4.51. The van der Waals surface area contributed by atoms with Gasteiger partial charge in [-0.05, 0) is 24.5 Å². The van der Waals surface area contributed by atoms with Crippen molar-refractivity contribution in [3.05, 3.63) is 53.5 Å². The number of hydrogen-bond acceptors (Lipinski definition) is 6. The smallest absolute Gasteiger partial charge is 0.144 e. The molecule has 0 atom stereocenters. The Balaban J connectivity index is 1.34. The summed E-state index contributed by atoms with van der Waals surface area (Å²) in [5.74, 6) is 1.39. The van der Waals surface area contributed by atoms with Crippen LogP contribution in [0.4, 0.5) is 5.82 Å². The van der Waals surface area contributed by atoms with Gasteiger partial charge in [0, 0.05) is 37.7 Å². The molecule has 4 rings (SSSR count). The molecule has 0 bridgehead atoms. The van der Waals surface area contributed by atoms with E-state index in [-0.39, 0.29) is 0 Å². The Bertz CT molecular complexity index is 867. The molecule has 0 aromatic carbocycles. The number of H-pyrrole nitrogens is 1. The third-order valence-corrected chi connectivity index (χ3v) is 4.64. The number of fused-ring (bicyclic) bond motifs is 1. The first-order valence-electron chi connectivity index (χ1n) is 9.46. The molecule has 0 radical (unpaired) electrons. The third-order valence-electron chi connectivity index (χ3n) is 4.64. The zero-order valence-corrected chi connectivity index (χ0v) is 15.9. The minimum absolute atomic E-state index is 0.624. The highest BCUT2D eigenvalue weighted by atomic mass is 15.3. The Morgan fingerprint density at radius 1 is 1.19 bits per heavy atom. The van der Waals surface area contributed by atoms with Crippen molar-refractivity contribution < 1.29 is 0 Å². The van der Waals surface area contributed by atoms with Crippen LogP contribution < -0.4 is 5.32 Å². The molecule has 2 N–H and O–H groups in total. The van der Waals surface area contributed by atoms with E-state index >= 15 is 0 Å². The summed E-state index contributed by atoms with van der Waals surface area (Å²) in [6, 6.07) is 4.37. The van der Waals surface area contributed by atoms with Crippen molar-refractivity contribution in [3.63, 3.8) is 0 Å². The Morgan fingerprint density at radius 2 is 2.11 bits per heavy atom. The number of hydrogen-bond donors (Lipinski definition) is 2. The van der Waals surface area contributed by atoms with Crippen molar-refractivity contribution in [2.75, 3.05) is 11.9 Å². The van der Waals surface area contributed by atoms with Crippen LogP contribution in [0.25, 0.3) is 0 Å². The molecule has 8 heteroatoms. The average Bonchev–Trinajstić information content (AvgIpc) is 3.26. The van der Waals surface area contributed by atoms with Crippen molar-refractivity contribution in [2.45, 2.75) is 46.4 Å². The molecule has 3 aromatic rings. The summed E-state index contributed by atoms with van der Waals surface area (Å²) in [5.41, 5.74) is 4.61. The molecule has 0 unspecified atom stereocenters. The maximum atomic E-state index is 4.70. The molecule has 0 amide bonds. The lowest BCUT2D eigenvalue weighted by molar-refractivity contribution is 0.203. The van der Waals surface area contributed by atoms with E-state index in [0.29, 0.717) is 12.5 Å². The van der Waals surface area contributed by atoms with Gasteiger partial charge in [-0.2, -0.15) is 10.2 Å². The van der Waals surface area contributed by atoms with E-state index in [1.807, 2.05) is 0 Å². The van der Waals surface area contributed by atoms with Crippen molar-refractivity contribution in [1.29, 1.82) is 0 Å². The number of nitrogens with zero attached hydrogens (tertiary/aromatic N) is 6. The summed E-state index contributed by atoms with van der Waals surface area (Å²) in [4.78, 5) is 10.7. The van der Waals surface area contributed by atoms with Crippen LogP contribution in [-0.4, -0.2) is 41.4 Å². The van der Waals surface area contributed by atoms with E-state index in [1.54, 1.807) is 18.6 Å². The number of aromatic nitrogens is 6. The van der Waals surface area contributed by atoms with Gasteiger partial charge in [0.2, 0.25) is 0 Å². The first-order valence-corrected chi connectivity index (χ1v) is 9.46. The second kappa shape index (κ2) is 7.87.